The average molecular weight is 356 g/mol. The molecule has 0 radical (unpaired) electrons. The lowest BCUT2D eigenvalue weighted by Crippen LogP contribution is -2.48. The maximum atomic E-state index is 12.4. The Morgan fingerprint density at radius 3 is 2.84 bits per heavy atom. The number of piperazine rings is 1. The lowest BCUT2D eigenvalue weighted by molar-refractivity contribution is 0.0609. The smallest absolute Gasteiger partial charge is 0.274 e. The number of aromatic nitrogens is 4. The van der Waals surface area contributed by atoms with Gasteiger partial charge in [-0.05, 0) is 11.4 Å². The van der Waals surface area contributed by atoms with Crippen molar-refractivity contribution < 1.29 is 9.32 Å². The second kappa shape index (κ2) is 7.08. The second-order valence-corrected chi connectivity index (χ2v) is 6.46. The summed E-state index contributed by atoms with van der Waals surface area (Å²) >= 11 is 1.60. The molecule has 1 aliphatic rings. The van der Waals surface area contributed by atoms with E-state index in [1.165, 1.54) is 12.4 Å². The Labute approximate surface area is 148 Å². The molecule has 0 spiro atoms. The monoisotopic (exact) mass is 356 g/mol. The molecule has 1 saturated heterocycles. The van der Waals surface area contributed by atoms with Gasteiger partial charge >= 0.3 is 0 Å². The first-order valence-electron chi connectivity index (χ1n) is 7.92. The molecule has 0 N–H and O–H groups in total. The Kier molecular flexibility index (Phi) is 4.49. The summed E-state index contributed by atoms with van der Waals surface area (Å²) in [5, 5.41) is 8.00. The molecule has 8 nitrogen and oxygen atoms in total. The Balaban J connectivity index is 1.33. The zero-order valence-corrected chi connectivity index (χ0v) is 14.2. The fourth-order valence-corrected chi connectivity index (χ4v) is 3.33. The van der Waals surface area contributed by atoms with Crippen LogP contribution in [0, 0.1) is 0 Å². The Morgan fingerprint density at radius 1 is 1.24 bits per heavy atom. The van der Waals surface area contributed by atoms with Gasteiger partial charge in [0.25, 0.3) is 5.91 Å². The number of hydrogen-bond donors (Lipinski definition) is 0. The molecule has 0 bridgehead atoms. The van der Waals surface area contributed by atoms with Gasteiger partial charge in [-0.25, -0.2) is 4.98 Å². The highest BCUT2D eigenvalue weighted by atomic mass is 32.1. The van der Waals surface area contributed by atoms with Crippen LogP contribution in [-0.4, -0.2) is 62.0 Å². The highest BCUT2D eigenvalue weighted by Crippen LogP contribution is 2.19. The van der Waals surface area contributed by atoms with Crippen molar-refractivity contribution in [1.82, 2.24) is 29.9 Å². The zero-order valence-electron chi connectivity index (χ0n) is 13.4. The molecule has 0 atom stereocenters. The van der Waals surface area contributed by atoms with Crippen molar-refractivity contribution in [2.24, 2.45) is 0 Å². The summed E-state index contributed by atoms with van der Waals surface area (Å²) in [7, 11) is 0. The molecule has 1 fully saturated rings. The van der Waals surface area contributed by atoms with Crippen LogP contribution in [-0.2, 0) is 6.54 Å². The number of thiophene rings is 1. The van der Waals surface area contributed by atoms with E-state index in [9.17, 15) is 4.79 Å². The van der Waals surface area contributed by atoms with Crippen LogP contribution in [0.25, 0.3) is 11.4 Å². The van der Waals surface area contributed by atoms with Gasteiger partial charge < -0.3 is 9.42 Å². The van der Waals surface area contributed by atoms with E-state index >= 15 is 0 Å². The van der Waals surface area contributed by atoms with E-state index in [0.29, 0.717) is 37.0 Å². The molecule has 1 amide bonds. The number of rotatable bonds is 4. The molecule has 3 aromatic rings. The number of carbonyl (C=O) groups is 1. The highest BCUT2D eigenvalue weighted by molar-refractivity contribution is 7.08. The van der Waals surface area contributed by atoms with Crippen molar-refractivity contribution in [2.45, 2.75) is 6.54 Å². The molecule has 3 aromatic heterocycles. The summed E-state index contributed by atoms with van der Waals surface area (Å²) in [6.07, 6.45) is 4.59. The first-order chi connectivity index (χ1) is 12.3. The minimum atomic E-state index is -0.0784. The standard InChI is InChI=1S/C16H16N6O2S/c23-16(13-9-17-2-3-18-13)22-6-4-21(5-7-22)10-14-19-15(20-24-14)12-1-8-25-11-12/h1-3,8-9,11H,4-7,10H2. The van der Waals surface area contributed by atoms with Crippen molar-refractivity contribution in [3.05, 3.63) is 47.0 Å². The van der Waals surface area contributed by atoms with Gasteiger partial charge in [-0.15, -0.1) is 0 Å². The van der Waals surface area contributed by atoms with Crippen molar-refractivity contribution in [3.63, 3.8) is 0 Å². The number of hydrogen-bond acceptors (Lipinski definition) is 8. The minimum Gasteiger partial charge on any atom is -0.338 e. The molecule has 4 heterocycles. The summed E-state index contributed by atoms with van der Waals surface area (Å²) in [5.74, 6) is 1.13. The topological polar surface area (TPSA) is 88.3 Å². The van der Waals surface area contributed by atoms with Gasteiger partial charge in [-0.3, -0.25) is 14.7 Å². The van der Waals surface area contributed by atoms with E-state index < -0.39 is 0 Å². The van der Waals surface area contributed by atoms with Gasteiger partial charge in [-0.1, -0.05) is 5.16 Å². The lowest BCUT2D eigenvalue weighted by Gasteiger charge is -2.33. The molecule has 0 saturated carbocycles. The fraction of sp³-hybridized carbons (Fsp3) is 0.312. The van der Waals surface area contributed by atoms with E-state index in [2.05, 4.69) is 25.0 Å². The Morgan fingerprint density at radius 2 is 2.12 bits per heavy atom. The normalized spacial score (nSPS) is 15.4. The van der Waals surface area contributed by atoms with Gasteiger partial charge in [0.1, 0.15) is 5.69 Å². The summed E-state index contributed by atoms with van der Waals surface area (Å²) in [5.41, 5.74) is 1.35. The number of nitrogens with zero attached hydrogens (tertiary/aromatic N) is 6. The molecule has 4 rings (SSSR count). The van der Waals surface area contributed by atoms with Crippen LogP contribution in [0.5, 0.6) is 0 Å². The van der Waals surface area contributed by atoms with Crippen molar-refractivity contribution in [2.75, 3.05) is 26.2 Å². The van der Waals surface area contributed by atoms with E-state index in [4.69, 9.17) is 4.52 Å². The molecular formula is C16H16N6O2S. The first-order valence-corrected chi connectivity index (χ1v) is 8.87. The summed E-state index contributed by atoms with van der Waals surface area (Å²) in [4.78, 5) is 28.8. The minimum absolute atomic E-state index is 0.0784. The van der Waals surface area contributed by atoms with Gasteiger partial charge in [0.05, 0.1) is 12.7 Å². The number of amides is 1. The van der Waals surface area contributed by atoms with E-state index in [1.54, 1.807) is 22.4 Å². The lowest BCUT2D eigenvalue weighted by atomic mass is 10.2. The third-order valence-electron chi connectivity index (χ3n) is 4.05. The predicted octanol–water partition coefficient (Wildman–Crippen LogP) is 1.55. The van der Waals surface area contributed by atoms with Crippen LogP contribution in [0.1, 0.15) is 16.4 Å². The maximum Gasteiger partial charge on any atom is 0.274 e. The fourth-order valence-electron chi connectivity index (χ4n) is 2.70. The quantitative estimate of drug-likeness (QED) is 0.701. The van der Waals surface area contributed by atoms with Crippen molar-refractivity contribution >= 4 is 17.2 Å². The SMILES string of the molecule is O=C(c1cnccn1)N1CCN(Cc2nc(-c3ccsc3)no2)CC1. The van der Waals surface area contributed by atoms with E-state index in [0.717, 1.165) is 18.7 Å². The van der Waals surface area contributed by atoms with Crippen LogP contribution < -0.4 is 0 Å². The molecule has 0 unspecified atom stereocenters. The molecule has 0 aromatic carbocycles. The van der Waals surface area contributed by atoms with Crippen molar-refractivity contribution in [1.29, 1.82) is 0 Å². The molecule has 9 heteroatoms. The molecular weight excluding hydrogens is 340 g/mol. The van der Waals surface area contributed by atoms with Crippen LogP contribution in [0.2, 0.25) is 0 Å². The summed E-state index contributed by atoms with van der Waals surface area (Å²) < 4.78 is 5.34. The largest absolute Gasteiger partial charge is 0.338 e. The Bertz CT molecular complexity index is 827. The third kappa shape index (κ3) is 3.57. The van der Waals surface area contributed by atoms with Crippen LogP contribution in [0.3, 0.4) is 0 Å². The van der Waals surface area contributed by atoms with Gasteiger partial charge in [0.15, 0.2) is 0 Å². The van der Waals surface area contributed by atoms with Gasteiger partial charge in [-0.2, -0.15) is 16.3 Å². The van der Waals surface area contributed by atoms with E-state index in [-0.39, 0.29) is 5.91 Å². The van der Waals surface area contributed by atoms with Crippen LogP contribution in [0.15, 0.2) is 39.9 Å². The van der Waals surface area contributed by atoms with Crippen molar-refractivity contribution in [3.8, 4) is 11.4 Å². The second-order valence-electron chi connectivity index (χ2n) is 5.68. The van der Waals surface area contributed by atoms with Crippen LogP contribution >= 0.6 is 11.3 Å². The molecule has 25 heavy (non-hydrogen) atoms. The van der Waals surface area contributed by atoms with Gasteiger partial charge in [0.2, 0.25) is 11.7 Å². The number of carbonyl (C=O) groups excluding carboxylic acids is 1. The summed E-state index contributed by atoms with van der Waals surface area (Å²) in [6, 6.07) is 1.97. The Hall–Kier alpha value is -2.65. The first kappa shape index (κ1) is 15.9. The summed E-state index contributed by atoms with van der Waals surface area (Å²) in [6.45, 7) is 3.37. The highest BCUT2D eigenvalue weighted by Gasteiger charge is 2.24. The van der Waals surface area contributed by atoms with E-state index in [1.807, 2.05) is 16.8 Å². The molecule has 1 aliphatic heterocycles. The predicted molar refractivity (Wildman–Crippen MR) is 90.8 cm³/mol. The third-order valence-corrected chi connectivity index (χ3v) is 4.73. The maximum absolute atomic E-state index is 12.4. The average Bonchev–Trinajstić information content (AvgIpc) is 3.34. The zero-order chi connectivity index (χ0) is 17.1. The molecule has 128 valence electrons. The van der Waals surface area contributed by atoms with Crippen LogP contribution in [0.4, 0.5) is 0 Å². The molecule has 0 aliphatic carbocycles. The van der Waals surface area contributed by atoms with Gasteiger partial charge in [0, 0.05) is 49.5 Å².